The van der Waals surface area contributed by atoms with E-state index in [1.54, 1.807) is 6.92 Å². The summed E-state index contributed by atoms with van der Waals surface area (Å²) in [5.74, 6) is 5.34. The van der Waals surface area contributed by atoms with Crippen LogP contribution in [0.15, 0.2) is 0 Å². The second-order valence-corrected chi connectivity index (χ2v) is 4.21. The summed E-state index contributed by atoms with van der Waals surface area (Å²) < 4.78 is 0. The molecule has 1 N–H and O–H groups in total. The monoisotopic (exact) mass is 194 g/mol. The Morgan fingerprint density at radius 2 is 2.29 bits per heavy atom. The van der Waals surface area contributed by atoms with Crippen LogP contribution >= 0.6 is 0 Å². The topological polar surface area (TPSA) is 37.3 Å². The van der Waals surface area contributed by atoms with Crippen molar-refractivity contribution in [2.45, 2.75) is 46.0 Å². The minimum absolute atomic E-state index is 0.259. The largest absolute Gasteiger partial charge is 0.481 e. The molecule has 2 unspecified atom stereocenters. The van der Waals surface area contributed by atoms with Crippen LogP contribution < -0.4 is 0 Å². The molecule has 0 spiro atoms. The predicted octanol–water partition coefficient (Wildman–Crippen LogP) is 2.68. The molecule has 1 rings (SSSR count). The molecule has 0 aromatic rings. The molecule has 0 bridgehead atoms. The summed E-state index contributed by atoms with van der Waals surface area (Å²) in [5, 5.41) is 9.32. The Kier molecular flexibility index (Phi) is 3.57. The molecular weight excluding hydrogens is 176 g/mol. The van der Waals surface area contributed by atoms with Gasteiger partial charge in [-0.05, 0) is 25.7 Å². The SMILES string of the molecule is CC#CCC1(C(=O)O)CCCCC1C. The highest BCUT2D eigenvalue weighted by molar-refractivity contribution is 5.75. The number of carboxylic acid groups (broad SMARTS) is 1. The fraction of sp³-hybridized carbons (Fsp3) is 0.750. The lowest BCUT2D eigenvalue weighted by atomic mass is 9.65. The average Bonchev–Trinajstić information content (AvgIpc) is 2.16. The standard InChI is InChI=1S/C12H18O2/c1-3-4-8-12(11(13)14)9-6-5-7-10(12)2/h10H,5-9H2,1-2H3,(H,13,14). The Bertz CT molecular complexity index is 272. The maximum absolute atomic E-state index is 11.3. The smallest absolute Gasteiger partial charge is 0.310 e. The zero-order valence-corrected chi connectivity index (χ0v) is 8.97. The van der Waals surface area contributed by atoms with Crippen molar-refractivity contribution < 1.29 is 9.90 Å². The predicted molar refractivity (Wildman–Crippen MR) is 55.8 cm³/mol. The Morgan fingerprint density at radius 1 is 1.57 bits per heavy atom. The number of rotatable bonds is 2. The molecule has 2 atom stereocenters. The summed E-state index contributed by atoms with van der Waals surface area (Å²) in [6.45, 7) is 3.81. The number of hydrogen-bond acceptors (Lipinski definition) is 1. The molecule has 0 amide bonds. The van der Waals surface area contributed by atoms with Gasteiger partial charge in [-0.25, -0.2) is 0 Å². The molecule has 14 heavy (non-hydrogen) atoms. The van der Waals surface area contributed by atoms with Crippen molar-refractivity contribution in [3.8, 4) is 11.8 Å². The summed E-state index contributed by atoms with van der Waals surface area (Å²) in [7, 11) is 0. The third-order valence-corrected chi connectivity index (χ3v) is 3.46. The van der Waals surface area contributed by atoms with E-state index < -0.39 is 11.4 Å². The van der Waals surface area contributed by atoms with Crippen molar-refractivity contribution >= 4 is 5.97 Å². The van der Waals surface area contributed by atoms with Gasteiger partial charge in [0.05, 0.1) is 5.41 Å². The fourth-order valence-corrected chi connectivity index (χ4v) is 2.32. The van der Waals surface area contributed by atoms with E-state index in [0.717, 1.165) is 25.7 Å². The molecule has 0 heterocycles. The minimum Gasteiger partial charge on any atom is -0.481 e. The fourth-order valence-electron chi connectivity index (χ4n) is 2.32. The zero-order valence-electron chi connectivity index (χ0n) is 8.97. The summed E-state index contributed by atoms with van der Waals surface area (Å²) >= 11 is 0. The van der Waals surface area contributed by atoms with E-state index in [1.807, 2.05) is 6.92 Å². The molecule has 1 saturated carbocycles. The maximum atomic E-state index is 11.3. The first-order chi connectivity index (χ1) is 6.63. The van der Waals surface area contributed by atoms with Crippen molar-refractivity contribution in [1.82, 2.24) is 0 Å². The van der Waals surface area contributed by atoms with Gasteiger partial charge in [0.2, 0.25) is 0 Å². The first-order valence-corrected chi connectivity index (χ1v) is 5.26. The van der Waals surface area contributed by atoms with Crippen LogP contribution in [0.3, 0.4) is 0 Å². The molecule has 2 heteroatoms. The highest BCUT2D eigenvalue weighted by Crippen LogP contribution is 2.43. The van der Waals surface area contributed by atoms with Gasteiger partial charge in [0.25, 0.3) is 0 Å². The summed E-state index contributed by atoms with van der Waals surface area (Å²) in [6, 6.07) is 0. The lowest BCUT2D eigenvalue weighted by Gasteiger charge is -2.37. The Labute approximate surface area is 85.7 Å². The first-order valence-electron chi connectivity index (χ1n) is 5.26. The zero-order chi connectivity index (χ0) is 10.6. The lowest BCUT2D eigenvalue weighted by molar-refractivity contribution is -0.154. The second-order valence-electron chi connectivity index (χ2n) is 4.21. The maximum Gasteiger partial charge on any atom is 0.310 e. The van der Waals surface area contributed by atoms with Gasteiger partial charge in [-0.15, -0.1) is 11.8 Å². The van der Waals surface area contributed by atoms with Crippen LogP contribution in [-0.2, 0) is 4.79 Å². The average molecular weight is 194 g/mol. The summed E-state index contributed by atoms with van der Waals surface area (Å²) in [5.41, 5.74) is -0.568. The molecule has 1 fully saturated rings. The lowest BCUT2D eigenvalue weighted by Crippen LogP contribution is -2.39. The van der Waals surface area contributed by atoms with Crippen LogP contribution in [0.2, 0.25) is 0 Å². The molecule has 78 valence electrons. The quantitative estimate of drug-likeness (QED) is 0.686. The van der Waals surface area contributed by atoms with E-state index in [4.69, 9.17) is 0 Å². The van der Waals surface area contributed by atoms with Gasteiger partial charge in [-0.1, -0.05) is 19.8 Å². The van der Waals surface area contributed by atoms with E-state index in [2.05, 4.69) is 11.8 Å². The molecule has 0 radical (unpaired) electrons. The molecule has 0 aromatic heterocycles. The van der Waals surface area contributed by atoms with Crippen molar-refractivity contribution in [1.29, 1.82) is 0 Å². The van der Waals surface area contributed by atoms with E-state index in [-0.39, 0.29) is 5.92 Å². The van der Waals surface area contributed by atoms with Crippen LogP contribution in [-0.4, -0.2) is 11.1 Å². The number of carbonyl (C=O) groups is 1. The van der Waals surface area contributed by atoms with E-state index in [0.29, 0.717) is 6.42 Å². The Balaban J connectivity index is 2.86. The number of hydrogen-bond donors (Lipinski definition) is 1. The summed E-state index contributed by atoms with van der Waals surface area (Å²) in [6.07, 6.45) is 4.52. The Morgan fingerprint density at radius 3 is 2.79 bits per heavy atom. The van der Waals surface area contributed by atoms with Crippen LogP contribution in [0.25, 0.3) is 0 Å². The molecule has 0 aromatic carbocycles. The normalized spacial score (nSPS) is 31.7. The van der Waals surface area contributed by atoms with Crippen molar-refractivity contribution in [3.05, 3.63) is 0 Å². The number of carboxylic acids is 1. The van der Waals surface area contributed by atoms with Crippen molar-refractivity contribution in [3.63, 3.8) is 0 Å². The van der Waals surface area contributed by atoms with Crippen LogP contribution in [0, 0.1) is 23.2 Å². The number of aliphatic carboxylic acids is 1. The van der Waals surface area contributed by atoms with E-state index in [9.17, 15) is 9.90 Å². The summed E-state index contributed by atoms with van der Waals surface area (Å²) in [4.78, 5) is 11.3. The molecule has 1 aliphatic carbocycles. The first kappa shape index (κ1) is 11.1. The van der Waals surface area contributed by atoms with Gasteiger partial charge >= 0.3 is 5.97 Å². The molecular formula is C12H18O2. The van der Waals surface area contributed by atoms with E-state index in [1.165, 1.54) is 0 Å². The molecule has 2 nitrogen and oxygen atoms in total. The highest BCUT2D eigenvalue weighted by atomic mass is 16.4. The van der Waals surface area contributed by atoms with Crippen LogP contribution in [0.1, 0.15) is 46.0 Å². The van der Waals surface area contributed by atoms with Crippen LogP contribution in [0.5, 0.6) is 0 Å². The van der Waals surface area contributed by atoms with Gasteiger partial charge < -0.3 is 5.11 Å². The molecule has 1 aliphatic rings. The molecule has 0 aliphatic heterocycles. The van der Waals surface area contributed by atoms with Gasteiger partial charge in [0.1, 0.15) is 0 Å². The Hall–Kier alpha value is -0.970. The third-order valence-electron chi connectivity index (χ3n) is 3.46. The minimum atomic E-state index is -0.660. The second kappa shape index (κ2) is 4.50. The van der Waals surface area contributed by atoms with E-state index >= 15 is 0 Å². The van der Waals surface area contributed by atoms with Crippen molar-refractivity contribution in [2.24, 2.45) is 11.3 Å². The third kappa shape index (κ3) is 1.92. The van der Waals surface area contributed by atoms with Crippen LogP contribution in [0.4, 0.5) is 0 Å². The van der Waals surface area contributed by atoms with Gasteiger partial charge in [0, 0.05) is 6.42 Å². The van der Waals surface area contributed by atoms with Crippen molar-refractivity contribution in [2.75, 3.05) is 0 Å². The van der Waals surface area contributed by atoms with Gasteiger partial charge in [0.15, 0.2) is 0 Å². The highest BCUT2D eigenvalue weighted by Gasteiger charge is 2.44. The van der Waals surface area contributed by atoms with Gasteiger partial charge in [-0.3, -0.25) is 4.79 Å². The van der Waals surface area contributed by atoms with Gasteiger partial charge in [-0.2, -0.15) is 0 Å². The molecule has 0 saturated heterocycles.